The summed E-state index contributed by atoms with van der Waals surface area (Å²) in [5.74, 6) is 1.59. The van der Waals surface area contributed by atoms with E-state index >= 15 is 0 Å². The Bertz CT molecular complexity index is 530. The van der Waals surface area contributed by atoms with Crippen LogP contribution < -0.4 is 14.4 Å². The van der Waals surface area contributed by atoms with Gasteiger partial charge in [0.05, 0.1) is 39.3 Å². The molecule has 0 atom stereocenters. The monoisotopic (exact) mass is 347 g/mol. The van der Waals surface area contributed by atoms with Crippen molar-refractivity contribution in [3.63, 3.8) is 0 Å². The van der Waals surface area contributed by atoms with Crippen LogP contribution in [0.1, 0.15) is 38.5 Å². The van der Waals surface area contributed by atoms with E-state index in [-0.39, 0.29) is 12.5 Å². The van der Waals surface area contributed by atoms with Crippen molar-refractivity contribution in [3.8, 4) is 11.5 Å². The largest absolute Gasteiger partial charge is 0.497 e. The molecule has 0 spiro atoms. The topological polar surface area (TPSA) is 43.2 Å². The first-order valence-electron chi connectivity index (χ1n) is 9.65. The Kier molecular flexibility index (Phi) is 6.56. The van der Waals surface area contributed by atoms with Crippen molar-refractivity contribution in [2.24, 2.45) is 0 Å². The Morgan fingerprint density at radius 1 is 1.04 bits per heavy atom. The number of piperazine rings is 1. The number of hydrogen-bond donors (Lipinski definition) is 1. The second kappa shape index (κ2) is 9.09. The highest BCUT2D eigenvalue weighted by atomic mass is 16.5. The van der Waals surface area contributed by atoms with E-state index in [1.165, 1.54) is 38.5 Å². The predicted molar refractivity (Wildman–Crippen MR) is 97.3 cm³/mol. The van der Waals surface area contributed by atoms with Gasteiger partial charge in [0.15, 0.2) is 6.61 Å². The zero-order valence-electron chi connectivity index (χ0n) is 15.3. The van der Waals surface area contributed by atoms with Gasteiger partial charge < -0.3 is 19.3 Å². The summed E-state index contributed by atoms with van der Waals surface area (Å²) in [5.41, 5.74) is 0. The van der Waals surface area contributed by atoms with E-state index in [9.17, 15) is 4.79 Å². The average molecular weight is 347 g/mol. The highest BCUT2D eigenvalue weighted by Gasteiger charge is 2.29. The van der Waals surface area contributed by atoms with E-state index < -0.39 is 0 Å². The molecular formula is C20H31N2O3+. The van der Waals surface area contributed by atoms with Gasteiger partial charge in [-0.1, -0.05) is 12.8 Å². The van der Waals surface area contributed by atoms with Gasteiger partial charge in [0.25, 0.3) is 5.91 Å². The van der Waals surface area contributed by atoms with Gasteiger partial charge in [-0.25, -0.2) is 0 Å². The third kappa shape index (κ3) is 5.11. The van der Waals surface area contributed by atoms with Crippen LogP contribution in [-0.2, 0) is 4.79 Å². The molecule has 1 aromatic rings. The standard InChI is InChI=1S/C20H30N2O3/c1-24-18-8-10-19(11-9-18)25-16-20(23)22-14-12-21(13-15-22)17-6-4-2-3-5-7-17/h8-11,17H,2-7,12-16H2,1H3/p+1. The maximum Gasteiger partial charge on any atom is 0.260 e. The molecule has 2 aliphatic rings. The first-order valence-corrected chi connectivity index (χ1v) is 9.65. The van der Waals surface area contributed by atoms with Gasteiger partial charge in [0, 0.05) is 0 Å². The molecule has 2 fully saturated rings. The second-order valence-electron chi connectivity index (χ2n) is 7.19. The number of rotatable bonds is 5. The maximum absolute atomic E-state index is 12.4. The van der Waals surface area contributed by atoms with Gasteiger partial charge in [0.1, 0.15) is 11.5 Å². The Labute approximate surface area is 150 Å². The first-order chi connectivity index (χ1) is 12.3. The minimum absolute atomic E-state index is 0.0933. The summed E-state index contributed by atoms with van der Waals surface area (Å²) >= 11 is 0. The molecule has 1 saturated heterocycles. The number of amides is 1. The SMILES string of the molecule is COc1ccc(OCC(=O)N2CC[NH+](C3CCCCCC3)CC2)cc1. The van der Waals surface area contributed by atoms with E-state index in [1.807, 2.05) is 29.2 Å². The van der Waals surface area contributed by atoms with Gasteiger partial charge >= 0.3 is 0 Å². The normalized spacial score (nSPS) is 20.1. The fraction of sp³-hybridized carbons (Fsp3) is 0.650. The van der Waals surface area contributed by atoms with E-state index in [0.29, 0.717) is 5.75 Å². The number of hydrogen-bond acceptors (Lipinski definition) is 3. The van der Waals surface area contributed by atoms with Gasteiger partial charge in [-0.15, -0.1) is 0 Å². The van der Waals surface area contributed by atoms with Crippen LogP contribution in [0, 0.1) is 0 Å². The lowest BCUT2D eigenvalue weighted by molar-refractivity contribution is -0.929. The van der Waals surface area contributed by atoms with Gasteiger partial charge in [0.2, 0.25) is 0 Å². The van der Waals surface area contributed by atoms with Crippen molar-refractivity contribution in [2.75, 3.05) is 39.9 Å². The molecular weight excluding hydrogens is 316 g/mol. The molecule has 0 unspecified atom stereocenters. The number of carbonyl (C=O) groups excluding carboxylic acids is 1. The lowest BCUT2D eigenvalue weighted by Gasteiger charge is -2.36. The van der Waals surface area contributed by atoms with Crippen LogP contribution in [0.25, 0.3) is 0 Å². The van der Waals surface area contributed by atoms with Crippen LogP contribution >= 0.6 is 0 Å². The molecule has 1 N–H and O–H groups in total. The van der Waals surface area contributed by atoms with E-state index in [1.54, 1.807) is 12.0 Å². The van der Waals surface area contributed by atoms with Gasteiger partial charge in [-0.3, -0.25) is 4.79 Å². The quantitative estimate of drug-likeness (QED) is 0.822. The molecule has 1 aliphatic heterocycles. The number of ether oxygens (including phenoxy) is 2. The summed E-state index contributed by atoms with van der Waals surface area (Å²) in [7, 11) is 1.64. The highest BCUT2D eigenvalue weighted by Crippen LogP contribution is 2.17. The molecule has 0 radical (unpaired) electrons. The molecule has 0 bridgehead atoms. The zero-order valence-corrected chi connectivity index (χ0v) is 15.3. The van der Waals surface area contributed by atoms with Gasteiger partial charge in [-0.05, 0) is 49.9 Å². The van der Waals surface area contributed by atoms with Crippen LogP contribution in [-0.4, -0.2) is 56.7 Å². The molecule has 1 aromatic carbocycles. The van der Waals surface area contributed by atoms with Crippen molar-refractivity contribution in [1.82, 2.24) is 4.90 Å². The number of quaternary nitrogens is 1. The number of methoxy groups -OCH3 is 1. The number of carbonyl (C=O) groups is 1. The fourth-order valence-corrected chi connectivity index (χ4v) is 4.05. The number of nitrogens with zero attached hydrogens (tertiary/aromatic N) is 1. The van der Waals surface area contributed by atoms with Crippen LogP contribution in [0.5, 0.6) is 11.5 Å². The first kappa shape index (κ1) is 18.1. The Morgan fingerprint density at radius 2 is 1.64 bits per heavy atom. The van der Waals surface area contributed by atoms with E-state index in [0.717, 1.165) is 38.0 Å². The van der Waals surface area contributed by atoms with Crippen LogP contribution in [0.4, 0.5) is 0 Å². The zero-order chi connectivity index (χ0) is 17.5. The third-order valence-corrected chi connectivity index (χ3v) is 5.61. The Hall–Kier alpha value is -1.75. The van der Waals surface area contributed by atoms with Crippen molar-refractivity contribution in [1.29, 1.82) is 0 Å². The molecule has 1 heterocycles. The molecule has 1 amide bonds. The summed E-state index contributed by atoms with van der Waals surface area (Å²) in [6, 6.07) is 8.17. The highest BCUT2D eigenvalue weighted by molar-refractivity contribution is 5.77. The molecule has 5 nitrogen and oxygen atoms in total. The molecule has 1 saturated carbocycles. The molecule has 25 heavy (non-hydrogen) atoms. The van der Waals surface area contributed by atoms with Crippen molar-refractivity contribution < 1.29 is 19.2 Å². The summed E-state index contributed by atoms with van der Waals surface area (Å²) in [6.45, 7) is 4.00. The lowest BCUT2D eigenvalue weighted by Crippen LogP contribution is -3.18. The molecule has 138 valence electrons. The smallest absolute Gasteiger partial charge is 0.260 e. The van der Waals surface area contributed by atoms with Gasteiger partial charge in [-0.2, -0.15) is 0 Å². The molecule has 0 aromatic heterocycles. The Balaban J connectivity index is 1.41. The summed E-state index contributed by atoms with van der Waals surface area (Å²) < 4.78 is 10.8. The predicted octanol–water partition coefficient (Wildman–Crippen LogP) is 1.52. The van der Waals surface area contributed by atoms with Crippen molar-refractivity contribution in [3.05, 3.63) is 24.3 Å². The van der Waals surface area contributed by atoms with Crippen molar-refractivity contribution in [2.45, 2.75) is 44.6 Å². The molecule has 1 aliphatic carbocycles. The fourth-order valence-electron chi connectivity index (χ4n) is 4.05. The summed E-state index contributed by atoms with van der Waals surface area (Å²) in [4.78, 5) is 16.1. The Morgan fingerprint density at radius 3 is 2.24 bits per heavy atom. The summed E-state index contributed by atoms with van der Waals surface area (Å²) in [5, 5.41) is 0. The minimum Gasteiger partial charge on any atom is -0.497 e. The third-order valence-electron chi connectivity index (χ3n) is 5.61. The van der Waals surface area contributed by atoms with Crippen LogP contribution in [0.3, 0.4) is 0 Å². The number of nitrogens with one attached hydrogen (secondary N) is 1. The van der Waals surface area contributed by atoms with E-state index in [4.69, 9.17) is 9.47 Å². The second-order valence-corrected chi connectivity index (χ2v) is 7.19. The van der Waals surface area contributed by atoms with Crippen LogP contribution in [0.2, 0.25) is 0 Å². The summed E-state index contributed by atoms with van der Waals surface area (Å²) in [6.07, 6.45) is 8.29. The average Bonchev–Trinajstić information content (AvgIpc) is 2.96. The van der Waals surface area contributed by atoms with E-state index in [2.05, 4.69) is 0 Å². The molecule has 5 heteroatoms. The minimum atomic E-state index is 0.0933. The lowest BCUT2D eigenvalue weighted by atomic mass is 10.1. The maximum atomic E-state index is 12.4. The number of benzene rings is 1. The van der Waals surface area contributed by atoms with Crippen molar-refractivity contribution >= 4 is 5.91 Å². The molecule has 3 rings (SSSR count). The van der Waals surface area contributed by atoms with Crippen LogP contribution in [0.15, 0.2) is 24.3 Å².